The van der Waals surface area contributed by atoms with Crippen molar-refractivity contribution in [1.82, 2.24) is 5.32 Å². The summed E-state index contributed by atoms with van der Waals surface area (Å²) in [6.45, 7) is 8.40. The molecule has 0 unspecified atom stereocenters. The first kappa shape index (κ1) is 27.1. The predicted octanol–water partition coefficient (Wildman–Crippen LogP) is 2.22. The number of carbonyl (C=O) groups is 4. The summed E-state index contributed by atoms with van der Waals surface area (Å²) in [5.74, 6) is -6.63. The third kappa shape index (κ3) is 5.49. The van der Waals surface area contributed by atoms with Gasteiger partial charge in [0.1, 0.15) is 6.04 Å². The lowest BCUT2D eigenvalue weighted by molar-refractivity contribution is -0.238. The molecular weight excluding hydrogens is 482 g/mol. The zero-order valence-electron chi connectivity index (χ0n) is 20.9. The number of amides is 1. The highest BCUT2D eigenvalue weighted by atomic mass is 28.4. The zero-order valence-corrected chi connectivity index (χ0v) is 21.9. The number of hydrogen-bond acceptors (Lipinski definition) is 7. The fourth-order valence-corrected chi connectivity index (χ4v) is 9.04. The van der Waals surface area contributed by atoms with Crippen molar-refractivity contribution in [2.45, 2.75) is 51.5 Å². The highest BCUT2D eigenvalue weighted by Crippen LogP contribution is 2.37. The molecule has 0 saturated carbocycles. The Hall–Kier alpha value is -3.50. The molecular formula is C26H31NO8Si. The summed E-state index contributed by atoms with van der Waals surface area (Å²) in [5.41, 5.74) is 0. The minimum absolute atomic E-state index is 0.404. The van der Waals surface area contributed by atoms with Crippen LogP contribution in [0.15, 0.2) is 60.7 Å². The summed E-state index contributed by atoms with van der Waals surface area (Å²) >= 11 is 0. The lowest BCUT2D eigenvalue weighted by Gasteiger charge is -2.43. The van der Waals surface area contributed by atoms with Gasteiger partial charge in [0.25, 0.3) is 14.1 Å². The van der Waals surface area contributed by atoms with Crippen molar-refractivity contribution in [2.24, 2.45) is 5.92 Å². The molecule has 0 aromatic heterocycles. The minimum atomic E-state index is -3.13. The van der Waals surface area contributed by atoms with Crippen LogP contribution in [0.5, 0.6) is 0 Å². The largest absolute Gasteiger partial charge is 0.465 e. The van der Waals surface area contributed by atoms with Crippen molar-refractivity contribution < 1.29 is 38.2 Å². The summed E-state index contributed by atoms with van der Waals surface area (Å²) in [6.07, 6.45) is -1.50. The van der Waals surface area contributed by atoms with Crippen LogP contribution < -0.4 is 15.7 Å². The Balaban J connectivity index is 2.02. The molecule has 1 fully saturated rings. The van der Waals surface area contributed by atoms with Crippen molar-refractivity contribution in [1.29, 1.82) is 0 Å². The first-order valence-electron chi connectivity index (χ1n) is 11.5. The standard InChI is InChI=1S/C26H31NO8Si/c1-25(2,3)36(17-12-8-6-9-13-17,18-14-10-7-11-15-18)33-16-19(27-24(31)32)21(28)20-22(29)34-26(4,5)35-23(20)30/h6-15,19-20,27H,16H2,1-5H3,(H,31,32)/t19-/m1/s1. The van der Waals surface area contributed by atoms with Gasteiger partial charge in [-0.15, -0.1) is 0 Å². The number of cyclic esters (lactones) is 2. The van der Waals surface area contributed by atoms with Crippen LogP contribution in [-0.4, -0.2) is 55.7 Å². The number of esters is 2. The molecule has 2 aromatic rings. The normalized spacial score (nSPS) is 17.0. The van der Waals surface area contributed by atoms with Crippen LogP contribution in [0.3, 0.4) is 0 Å². The number of nitrogens with one attached hydrogen (secondary N) is 1. The van der Waals surface area contributed by atoms with E-state index in [1.165, 1.54) is 13.8 Å². The second kappa shape index (κ2) is 10.2. The quantitative estimate of drug-likeness (QED) is 0.312. The first-order valence-corrected chi connectivity index (χ1v) is 13.4. The molecule has 2 aromatic carbocycles. The average Bonchev–Trinajstić information content (AvgIpc) is 2.77. The maximum Gasteiger partial charge on any atom is 0.405 e. The van der Waals surface area contributed by atoms with Crippen LogP contribution >= 0.6 is 0 Å². The van der Waals surface area contributed by atoms with Gasteiger partial charge in [0.05, 0.1) is 6.61 Å². The number of benzene rings is 2. The molecule has 0 aliphatic carbocycles. The van der Waals surface area contributed by atoms with Crippen LogP contribution in [0, 0.1) is 5.92 Å². The summed E-state index contributed by atoms with van der Waals surface area (Å²) in [7, 11) is -3.13. The molecule has 1 aliphatic rings. The maximum absolute atomic E-state index is 13.3. The van der Waals surface area contributed by atoms with E-state index in [0.717, 1.165) is 10.4 Å². The van der Waals surface area contributed by atoms with E-state index in [4.69, 9.17) is 13.9 Å². The van der Waals surface area contributed by atoms with Crippen LogP contribution in [0.25, 0.3) is 0 Å². The molecule has 36 heavy (non-hydrogen) atoms. The molecule has 0 spiro atoms. The molecule has 1 aliphatic heterocycles. The summed E-state index contributed by atoms with van der Waals surface area (Å²) in [5, 5.41) is 12.9. The van der Waals surface area contributed by atoms with E-state index in [0.29, 0.717) is 0 Å². The van der Waals surface area contributed by atoms with Gasteiger partial charge in [-0.25, -0.2) is 4.79 Å². The highest BCUT2D eigenvalue weighted by Gasteiger charge is 2.53. The van der Waals surface area contributed by atoms with Gasteiger partial charge in [-0.1, -0.05) is 81.4 Å². The van der Waals surface area contributed by atoms with Gasteiger partial charge in [-0.05, 0) is 15.4 Å². The third-order valence-electron chi connectivity index (χ3n) is 5.97. The van der Waals surface area contributed by atoms with E-state index in [-0.39, 0.29) is 0 Å². The monoisotopic (exact) mass is 513 g/mol. The van der Waals surface area contributed by atoms with E-state index in [1.54, 1.807) is 0 Å². The van der Waals surface area contributed by atoms with Crippen molar-refractivity contribution in [3.63, 3.8) is 0 Å². The maximum atomic E-state index is 13.3. The van der Waals surface area contributed by atoms with E-state index in [2.05, 4.69) is 5.32 Å². The average molecular weight is 514 g/mol. The second-order valence-corrected chi connectivity index (χ2v) is 14.4. The Morgan fingerprint density at radius 2 is 1.42 bits per heavy atom. The fraction of sp³-hybridized carbons (Fsp3) is 0.385. The van der Waals surface area contributed by atoms with E-state index < -0.39 is 61.5 Å². The zero-order chi connectivity index (χ0) is 26.7. The van der Waals surface area contributed by atoms with Crippen molar-refractivity contribution in [2.75, 3.05) is 6.61 Å². The first-order chi connectivity index (χ1) is 16.8. The number of hydrogen-bond donors (Lipinski definition) is 2. The highest BCUT2D eigenvalue weighted by molar-refractivity contribution is 6.99. The van der Waals surface area contributed by atoms with E-state index in [1.807, 2.05) is 81.4 Å². The SMILES string of the molecule is CC1(C)OC(=O)C(C(=O)[C@@H](CO[Si](c2ccccc2)(c2ccccc2)C(C)(C)C)NC(=O)O)C(=O)O1. The number of carbonyl (C=O) groups excluding carboxylic acids is 3. The molecule has 2 N–H and O–H groups in total. The third-order valence-corrected chi connectivity index (χ3v) is 11.0. The molecule has 1 atom stereocenters. The molecule has 192 valence electrons. The molecule has 3 rings (SSSR count). The number of carboxylic acid groups (broad SMARTS) is 1. The Morgan fingerprint density at radius 3 is 1.81 bits per heavy atom. The molecule has 9 nitrogen and oxygen atoms in total. The number of ether oxygens (including phenoxy) is 2. The van der Waals surface area contributed by atoms with E-state index >= 15 is 0 Å². The summed E-state index contributed by atoms with van der Waals surface area (Å²) < 4.78 is 16.8. The minimum Gasteiger partial charge on any atom is -0.465 e. The van der Waals surface area contributed by atoms with Crippen LogP contribution in [0.2, 0.25) is 5.04 Å². The second-order valence-electron chi connectivity index (χ2n) is 10.1. The Morgan fingerprint density at radius 1 is 0.972 bits per heavy atom. The lowest BCUT2D eigenvalue weighted by atomic mass is 9.97. The Bertz CT molecular complexity index is 1070. The fourth-order valence-electron chi connectivity index (χ4n) is 4.47. The van der Waals surface area contributed by atoms with Gasteiger partial charge in [0.15, 0.2) is 5.78 Å². The van der Waals surface area contributed by atoms with Crippen molar-refractivity contribution in [3.05, 3.63) is 60.7 Å². The van der Waals surface area contributed by atoms with Gasteiger partial charge in [-0.2, -0.15) is 0 Å². The van der Waals surface area contributed by atoms with Gasteiger partial charge in [-0.3, -0.25) is 14.4 Å². The molecule has 1 heterocycles. The van der Waals surface area contributed by atoms with Gasteiger partial charge in [0.2, 0.25) is 5.92 Å². The molecule has 0 bridgehead atoms. The number of ketones is 1. The molecule has 0 radical (unpaired) electrons. The number of Topliss-reactive ketones (excluding diaryl/α,β-unsaturated/α-hetero) is 1. The summed E-state index contributed by atoms with van der Waals surface area (Å²) in [4.78, 5) is 49.9. The van der Waals surface area contributed by atoms with Gasteiger partial charge >= 0.3 is 18.0 Å². The van der Waals surface area contributed by atoms with Crippen LogP contribution in [-0.2, 0) is 28.3 Å². The van der Waals surface area contributed by atoms with Crippen molar-refractivity contribution in [3.8, 4) is 0 Å². The number of rotatable bonds is 8. The molecule has 10 heteroatoms. The Kier molecular flexibility index (Phi) is 7.70. The lowest BCUT2D eigenvalue weighted by Crippen LogP contribution is -2.68. The molecule has 1 saturated heterocycles. The van der Waals surface area contributed by atoms with Gasteiger partial charge in [0, 0.05) is 13.8 Å². The van der Waals surface area contributed by atoms with Crippen LogP contribution in [0.4, 0.5) is 4.79 Å². The van der Waals surface area contributed by atoms with E-state index in [9.17, 15) is 24.3 Å². The predicted molar refractivity (Wildman–Crippen MR) is 133 cm³/mol. The summed E-state index contributed by atoms with van der Waals surface area (Å²) in [6, 6.07) is 17.6. The van der Waals surface area contributed by atoms with Gasteiger partial charge < -0.3 is 24.3 Å². The van der Waals surface area contributed by atoms with Crippen molar-refractivity contribution >= 4 is 42.5 Å². The van der Waals surface area contributed by atoms with Crippen LogP contribution in [0.1, 0.15) is 34.6 Å². The topological polar surface area (TPSA) is 128 Å². The Labute approximate surface area is 210 Å². The smallest absolute Gasteiger partial charge is 0.405 e. The molecule has 1 amide bonds.